The number of rotatable bonds is 5. The minimum Gasteiger partial charge on any atom is -0.359 e. The lowest BCUT2D eigenvalue weighted by Gasteiger charge is -2.41. The first-order valence-corrected chi connectivity index (χ1v) is 15.1. The van der Waals surface area contributed by atoms with Crippen molar-refractivity contribution in [3.63, 3.8) is 0 Å². The highest BCUT2D eigenvalue weighted by Gasteiger charge is 2.73. The van der Waals surface area contributed by atoms with Crippen LogP contribution in [0.15, 0.2) is 36.4 Å². The molecule has 3 aliphatic heterocycles. The smallest absolute Gasteiger partial charge is 0.246 e. The number of hydrogen-bond acceptors (Lipinski definition) is 4. The summed E-state index contributed by atoms with van der Waals surface area (Å²) in [4.78, 5) is 44.0. The number of fused-ring (bicyclic) bond motifs is 1. The van der Waals surface area contributed by atoms with E-state index in [0.717, 1.165) is 38.5 Å². The zero-order chi connectivity index (χ0) is 27.5. The molecule has 8 heteroatoms. The van der Waals surface area contributed by atoms with Crippen LogP contribution in [0.5, 0.6) is 0 Å². The van der Waals surface area contributed by atoms with Gasteiger partial charge in [-0.05, 0) is 74.1 Å². The molecule has 3 amide bonds. The molecule has 210 valence electrons. The van der Waals surface area contributed by atoms with Crippen LogP contribution in [0.25, 0.3) is 0 Å². The molecule has 2 N–H and O–H groups in total. The highest BCUT2D eigenvalue weighted by Crippen LogP contribution is 2.56. The summed E-state index contributed by atoms with van der Waals surface area (Å²) >= 11 is 6.02. The van der Waals surface area contributed by atoms with E-state index in [1.54, 1.807) is 24.3 Å². The maximum Gasteiger partial charge on any atom is 0.246 e. The van der Waals surface area contributed by atoms with Crippen molar-refractivity contribution in [1.29, 1.82) is 0 Å². The van der Waals surface area contributed by atoms with Crippen molar-refractivity contribution < 1.29 is 19.1 Å². The Bertz CT molecular complexity index is 1160. The van der Waals surface area contributed by atoms with E-state index in [0.29, 0.717) is 28.5 Å². The van der Waals surface area contributed by atoms with Crippen molar-refractivity contribution in [3.8, 4) is 0 Å². The van der Waals surface area contributed by atoms with Crippen molar-refractivity contribution in [2.75, 3.05) is 5.32 Å². The molecule has 5 aliphatic rings. The predicted octanol–water partition coefficient (Wildman–Crippen LogP) is 4.95. The fourth-order valence-electron chi connectivity index (χ4n) is 7.93. The molecule has 1 aromatic carbocycles. The Morgan fingerprint density at radius 1 is 1.00 bits per heavy atom. The number of likely N-dealkylation sites (tertiary alicyclic amines) is 1. The highest BCUT2D eigenvalue weighted by atomic mass is 35.5. The third-order valence-electron chi connectivity index (χ3n) is 10.4. The van der Waals surface area contributed by atoms with Crippen LogP contribution >= 0.6 is 11.6 Å². The lowest BCUT2D eigenvalue weighted by molar-refractivity contribution is -0.145. The molecule has 3 heterocycles. The van der Waals surface area contributed by atoms with Gasteiger partial charge in [-0.15, -0.1) is 0 Å². The number of benzene rings is 1. The zero-order valence-electron chi connectivity index (χ0n) is 23.1. The molecule has 1 aromatic rings. The SMILES string of the molecule is CC1CCC(N2C(=O)[C@@H]3[C@H](C(=O)Nc4ccc(Cl)cc4)[C@@H]4C=C[C@@]3(O4)[C@@H]2C(=O)N[C@@H]2CCC[C@H](C)[C@@H]2C)CC1. The predicted molar refractivity (Wildman–Crippen MR) is 150 cm³/mol. The van der Waals surface area contributed by atoms with Crippen molar-refractivity contribution >= 4 is 35.0 Å². The van der Waals surface area contributed by atoms with Crippen molar-refractivity contribution in [2.24, 2.45) is 29.6 Å². The van der Waals surface area contributed by atoms with Gasteiger partial charge in [0.1, 0.15) is 11.6 Å². The quantitative estimate of drug-likeness (QED) is 0.505. The van der Waals surface area contributed by atoms with Gasteiger partial charge >= 0.3 is 0 Å². The molecule has 8 atom stereocenters. The summed E-state index contributed by atoms with van der Waals surface area (Å²) in [6, 6.07) is 6.21. The number of carbonyl (C=O) groups excluding carboxylic acids is 3. The highest BCUT2D eigenvalue weighted by molar-refractivity contribution is 6.30. The van der Waals surface area contributed by atoms with Gasteiger partial charge in [0.2, 0.25) is 17.7 Å². The van der Waals surface area contributed by atoms with Crippen molar-refractivity contribution in [1.82, 2.24) is 10.2 Å². The summed E-state index contributed by atoms with van der Waals surface area (Å²) in [5, 5.41) is 6.90. The first kappa shape index (κ1) is 26.8. The topological polar surface area (TPSA) is 87.7 Å². The molecule has 2 saturated carbocycles. The molecule has 4 fully saturated rings. The third-order valence-corrected chi connectivity index (χ3v) is 10.6. The fraction of sp³-hybridized carbons (Fsp3) is 0.645. The molecule has 6 rings (SSSR count). The summed E-state index contributed by atoms with van der Waals surface area (Å²) in [6.07, 6.45) is 10.2. The van der Waals surface area contributed by atoms with Crippen LogP contribution in [-0.4, -0.2) is 52.5 Å². The van der Waals surface area contributed by atoms with E-state index in [1.807, 2.05) is 17.1 Å². The van der Waals surface area contributed by atoms with E-state index in [-0.39, 0.29) is 29.8 Å². The Hall–Kier alpha value is -2.38. The van der Waals surface area contributed by atoms with Crippen LogP contribution in [0.1, 0.15) is 65.7 Å². The molecule has 2 saturated heterocycles. The maximum atomic E-state index is 14.3. The second-order valence-electron chi connectivity index (χ2n) is 12.7. The van der Waals surface area contributed by atoms with Crippen LogP contribution in [0.2, 0.25) is 5.02 Å². The second kappa shape index (κ2) is 10.2. The third kappa shape index (κ3) is 4.50. The number of nitrogens with zero attached hydrogens (tertiary/aromatic N) is 1. The van der Waals surface area contributed by atoms with Gasteiger partial charge in [0.25, 0.3) is 0 Å². The number of nitrogens with one attached hydrogen (secondary N) is 2. The molecule has 2 bridgehead atoms. The lowest BCUT2D eigenvalue weighted by Crippen LogP contribution is -2.59. The van der Waals surface area contributed by atoms with Gasteiger partial charge < -0.3 is 20.3 Å². The Kier molecular flexibility index (Phi) is 7.03. The van der Waals surface area contributed by atoms with Gasteiger partial charge in [0.05, 0.1) is 17.9 Å². The maximum absolute atomic E-state index is 14.3. The van der Waals surface area contributed by atoms with E-state index in [1.165, 1.54) is 6.42 Å². The first-order chi connectivity index (χ1) is 18.7. The summed E-state index contributed by atoms with van der Waals surface area (Å²) < 4.78 is 6.54. The summed E-state index contributed by atoms with van der Waals surface area (Å²) in [6.45, 7) is 6.71. The molecule has 1 spiro atoms. The lowest BCUT2D eigenvalue weighted by atomic mass is 9.73. The number of anilines is 1. The number of ether oxygens (including phenoxy) is 1. The Morgan fingerprint density at radius 3 is 2.44 bits per heavy atom. The summed E-state index contributed by atoms with van der Waals surface area (Å²) in [5.74, 6) is -0.435. The van der Waals surface area contributed by atoms with Gasteiger partial charge in [0, 0.05) is 22.8 Å². The molecule has 2 aliphatic carbocycles. The summed E-state index contributed by atoms with van der Waals surface area (Å²) in [7, 11) is 0. The van der Waals surface area contributed by atoms with E-state index < -0.39 is 29.6 Å². The number of halogens is 1. The van der Waals surface area contributed by atoms with Crippen LogP contribution in [-0.2, 0) is 19.1 Å². The van der Waals surface area contributed by atoms with Crippen LogP contribution in [0, 0.1) is 29.6 Å². The first-order valence-electron chi connectivity index (χ1n) is 14.8. The van der Waals surface area contributed by atoms with Crippen molar-refractivity contribution in [2.45, 2.75) is 95.5 Å². The number of hydrogen-bond donors (Lipinski definition) is 2. The molecular weight excluding hydrogens is 514 g/mol. The van der Waals surface area contributed by atoms with Gasteiger partial charge in [-0.2, -0.15) is 0 Å². The molecule has 39 heavy (non-hydrogen) atoms. The van der Waals surface area contributed by atoms with Crippen LogP contribution < -0.4 is 10.6 Å². The monoisotopic (exact) mass is 553 g/mol. The standard InChI is InChI=1S/C31H40ClN3O4/c1-17-7-13-22(14-8-17)35-27(29(37)34-23-6-4-5-18(2)19(23)3)31-16-15-24(39-31)25(26(31)30(35)38)28(36)33-21-11-9-20(32)10-12-21/h9-12,15-19,22-27H,4-8,13-14H2,1-3H3,(H,33,36)(H,34,37)/t17?,18-,19-,22?,23+,24-,25+,26-,27-,31-/m0/s1. The fourth-order valence-corrected chi connectivity index (χ4v) is 8.05. The van der Waals surface area contributed by atoms with Gasteiger partial charge in [-0.25, -0.2) is 0 Å². The average molecular weight is 554 g/mol. The molecule has 0 unspecified atom stereocenters. The van der Waals surface area contributed by atoms with Crippen LogP contribution in [0.3, 0.4) is 0 Å². The molecular formula is C31H40ClN3O4. The zero-order valence-corrected chi connectivity index (χ0v) is 23.8. The largest absolute Gasteiger partial charge is 0.359 e. The van der Waals surface area contributed by atoms with E-state index in [2.05, 4.69) is 31.4 Å². The normalized spacial score (nSPS) is 41.0. The second-order valence-corrected chi connectivity index (χ2v) is 13.2. The minimum atomic E-state index is -1.12. The molecule has 0 aromatic heterocycles. The van der Waals surface area contributed by atoms with E-state index in [4.69, 9.17) is 16.3 Å². The number of carbonyl (C=O) groups is 3. The Balaban J connectivity index is 1.31. The van der Waals surface area contributed by atoms with Crippen molar-refractivity contribution in [3.05, 3.63) is 41.4 Å². The Morgan fingerprint density at radius 2 is 1.72 bits per heavy atom. The van der Waals surface area contributed by atoms with Gasteiger partial charge in [0.15, 0.2) is 0 Å². The van der Waals surface area contributed by atoms with Crippen LogP contribution in [0.4, 0.5) is 5.69 Å². The van der Waals surface area contributed by atoms with E-state index >= 15 is 0 Å². The molecule has 0 radical (unpaired) electrons. The minimum absolute atomic E-state index is 0.0249. The van der Waals surface area contributed by atoms with Gasteiger partial charge in [-0.1, -0.05) is 57.4 Å². The summed E-state index contributed by atoms with van der Waals surface area (Å²) in [5.41, 5.74) is -0.510. The van der Waals surface area contributed by atoms with E-state index in [9.17, 15) is 14.4 Å². The average Bonchev–Trinajstić information content (AvgIpc) is 3.56. The number of amides is 3. The molecule has 7 nitrogen and oxygen atoms in total. The van der Waals surface area contributed by atoms with Gasteiger partial charge in [-0.3, -0.25) is 14.4 Å². The Labute approximate surface area is 236 Å².